The number of ether oxygens (including phenoxy) is 1. The molecule has 32 heavy (non-hydrogen) atoms. The van der Waals surface area contributed by atoms with Crippen LogP contribution in [-0.2, 0) is 0 Å². The van der Waals surface area contributed by atoms with Crippen molar-refractivity contribution in [1.29, 1.82) is 0 Å². The zero-order valence-electron chi connectivity index (χ0n) is 16.2. The van der Waals surface area contributed by atoms with E-state index in [4.69, 9.17) is 0 Å². The van der Waals surface area contributed by atoms with Crippen molar-refractivity contribution in [2.75, 3.05) is 13.2 Å². The van der Waals surface area contributed by atoms with Crippen molar-refractivity contribution in [3.63, 3.8) is 0 Å². The van der Waals surface area contributed by atoms with Gasteiger partial charge in [0.1, 0.15) is 17.4 Å². The van der Waals surface area contributed by atoms with Gasteiger partial charge >= 0.3 is 6.18 Å². The number of rotatable bonds is 6. The van der Waals surface area contributed by atoms with E-state index in [1.165, 1.54) is 6.08 Å². The first kappa shape index (κ1) is 23.9. The van der Waals surface area contributed by atoms with Crippen molar-refractivity contribution in [1.82, 2.24) is 4.90 Å². The number of allylic oxidation sites excluding steroid dienone is 3. The molecule has 10 heteroatoms. The van der Waals surface area contributed by atoms with Crippen LogP contribution in [0.4, 0.5) is 30.7 Å². The molecule has 0 unspecified atom stereocenters. The van der Waals surface area contributed by atoms with Crippen LogP contribution in [0.2, 0.25) is 0 Å². The monoisotopic (exact) mass is 521 g/mol. The molecule has 0 fully saturated rings. The summed E-state index contributed by atoms with van der Waals surface area (Å²) in [6.45, 7) is 1.05. The molecule has 2 aromatic carbocycles. The van der Waals surface area contributed by atoms with Crippen molar-refractivity contribution in [3.8, 4) is 5.75 Å². The van der Waals surface area contributed by atoms with E-state index in [1.54, 1.807) is 30.3 Å². The first-order valence-corrected chi connectivity index (χ1v) is 9.88. The average Bonchev–Trinajstić information content (AvgIpc) is 2.70. The maximum Gasteiger partial charge on any atom is 0.422 e. The van der Waals surface area contributed by atoms with Gasteiger partial charge in [0.15, 0.2) is 6.61 Å². The van der Waals surface area contributed by atoms with E-state index in [9.17, 15) is 22.0 Å². The van der Waals surface area contributed by atoms with Crippen molar-refractivity contribution in [3.05, 3.63) is 88.1 Å². The molecule has 2 aromatic rings. The number of benzene rings is 2. The normalized spacial score (nSPS) is 14.8. The van der Waals surface area contributed by atoms with E-state index in [1.807, 2.05) is 0 Å². The van der Waals surface area contributed by atoms with E-state index in [2.05, 4.69) is 27.2 Å². The van der Waals surface area contributed by atoms with Crippen LogP contribution in [-0.4, -0.2) is 30.7 Å². The Kier molecular flexibility index (Phi) is 7.02. The van der Waals surface area contributed by atoms with Crippen LogP contribution in [0.15, 0.2) is 65.3 Å². The average molecular weight is 522 g/mol. The van der Waals surface area contributed by atoms with Crippen LogP contribution in [0.1, 0.15) is 11.1 Å². The fraction of sp³-hybridized carbons (Fsp3) is 0.182. The largest absolute Gasteiger partial charge is 0.484 e. The predicted octanol–water partition coefficient (Wildman–Crippen LogP) is 7.15. The van der Waals surface area contributed by atoms with Gasteiger partial charge in [0, 0.05) is 27.9 Å². The maximum absolute atomic E-state index is 15.0. The van der Waals surface area contributed by atoms with Gasteiger partial charge in [0.25, 0.3) is 6.43 Å². The molecule has 0 atom stereocenters. The Hall–Kier alpha value is -2.75. The molecule has 0 amide bonds. The fourth-order valence-electron chi connectivity index (χ4n) is 3.16. The number of halogens is 8. The van der Waals surface area contributed by atoms with E-state index in [0.29, 0.717) is 22.2 Å². The first-order valence-electron chi connectivity index (χ1n) is 9.08. The van der Waals surface area contributed by atoms with E-state index in [0.717, 1.165) is 4.90 Å². The number of hydrogen-bond donors (Lipinski definition) is 0. The summed E-state index contributed by atoms with van der Waals surface area (Å²) in [6, 6.07) is 9.42. The van der Waals surface area contributed by atoms with Gasteiger partial charge in [0.05, 0.1) is 17.8 Å². The molecule has 0 saturated heterocycles. The second-order valence-electron chi connectivity index (χ2n) is 6.73. The third-order valence-corrected chi connectivity index (χ3v) is 5.14. The van der Waals surface area contributed by atoms with Crippen LogP contribution in [0, 0.1) is 11.6 Å². The third-order valence-electron chi connectivity index (χ3n) is 4.46. The van der Waals surface area contributed by atoms with Gasteiger partial charge in [-0.25, -0.2) is 17.6 Å². The summed E-state index contributed by atoms with van der Waals surface area (Å²) in [5.41, 5.74) is -0.200. The molecule has 0 aromatic heterocycles. The summed E-state index contributed by atoms with van der Waals surface area (Å²) in [4.78, 5) is 0.967. The second-order valence-corrected chi connectivity index (χ2v) is 7.59. The van der Waals surface area contributed by atoms with Crippen molar-refractivity contribution < 1.29 is 35.5 Å². The van der Waals surface area contributed by atoms with Gasteiger partial charge in [0.2, 0.25) is 0 Å². The summed E-state index contributed by atoms with van der Waals surface area (Å²) < 4.78 is 98.7. The van der Waals surface area contributed by atoms with Gasteiger partial charge in [-0.1, -0.05) is 36.9 Å². The highest BCUT2D eigenvalue weighted by molar-refractivity contribution is 9.12. The molecule has 0 spiro atoms. The van der Waals surface area contributed by atoms with Gasteiger partial charge in [-0.2, -0.15) is 13.2 Å². The first-order chi connectivity index (χ1) is 15.0. The van der Waals surface area contributed by atoms with Crippen LogP contribution >= 0.6 is 15.9 Å². The number of hydrogen-bond acceptors (Lipinski definition) is 2. The Morgan fingerprint density at radius 3 is 2.16 bits per heavy atom. The van der Waals surface area contributed by atoms with Crippen molar-refractivity contribution in [2.45, 2.75) is 12.6 Å². The Bertz CT molecular complexity index is 1050. The summed E-state index contributed by atoms with van der Waals surface area (Å²) in [5, 5.41) is 0. The van der Waals surface area contributed by atoms with Crippen LogP contribution in [0.25, 0.3) is 11.3 Å². The molecule has 0 aliphatic carbocycles. The minimum atomic E-state index is -4.71. The van der Waals surface area contributed by atoms with Gasteiger partial charge < -0.3 is 9.64 Å². The molecule has 3 rings (SSSR count). The van der Waals surface area contributed by atoms with E-state index >= 15 is 8.78 Å². The summed E-state index contributed by atoms with van der Waals surface area (Å²) in [6.07, 6.45) is -6.10. The zero-order chi connectivity index (χ0) is 23.6. The van der Waals surface area contributed by atoms with E-state index in [-0.39, 0.29) is 17.0 Å². The number of alkyl halides is 5. The lowest BCUT2D eigenvalue weighted by atomic mass is 9.94. The predicted molar refractivity (Wildman–Crippen MR) is 110 cm³/mol. The molecule has 0 saturated carbocycles. The molecule has 1 aliphatic rings. The Morgan fingerprint density at radius 1 is 1.03 bits per heavy atom. The van der Waals surface area contributed by atoms with Gasteiger partial charge in [-0.05, 0) is 27.6 Å². The quantitative estimate of drug-likeness (QED) is 0.374. The molecule has 0 radical (unpaired) electrons. The summed E-state index contributed by atoms with van der Waals surface area (Å²) in [7, 11) is 0. The van der Waals surface area contributed by atoms with Crippen LogP contribution in [0.3, 0.4) is 0 Å². The molecule has 0 N–H and O–H groups in total. The van der Waals surface area contributed by atoms with E-state index < -0.39 is 48.7 Å². The highest BCUT2D eigenvalue weighted by Crippen LogP contribution is 2.43. The fourth-order valence-corrected chi connectivity index (χ4v) is 3.60. The third kappa shape index (κ3) is 5.35. The lowest BCUT2D eigenvalue weighted by Crippen LogP contribution is -2.30. The molecular weight excluding hydrogens is 507 g/mol. The SMILES string of the molecule is C=C1C(Br)=CC(c2ccccc2)=C(c2c(F)cc(OCC(F)(F)F)cc2F)N1CC(F)F. The zero-order valence-corrected chi connectivity index (χ0v) is 17.8. The maximum atomic E-state index is 15.0. The lowest BCUT2D eigenvalue weighted by molar-refractivity contribution is -0.153. The molecular formula is C22H15BrF7NO. The second kappa shape index (κ2) is 9.40. The molecule has 1 aliphatic heterocycles. The van der Waals surface area contributed by atoms with Crippen LogP contribution < -0.4 is 4.74 Å². The van der Waals surface area contributed by atoms with Crippen molar-refractivity contribution in [2.24, 2.45) is 0 Å². The smallest absolute Gasteiger partial charge is 0.422 e. The highest BCUT2D eigenvalue weighted by Gasteiger charge is 2.32. The molecule has 2 nitrogen and oxygen atoms in total. The van der Waals surface area contributed by atoms with Crippen molar-refractivity contribution >= 4 is 27.2 Å². The molecule has 0 bridgehead atoms. The Morgan fingerprint density at radius 2 is 1.62 bits per heavy atom. The Labute approximate surface area is 187 Å². The van der Waals surface area contributed by atoms with Gasteiger partial charge in [-0.3, -0.25) is 0 Å². The molecule has 170 valence electrons. The lowest BCUT2D eigenvalue weighted by Gasteiger charge is -2.34. The summed E-state index contributed by atoms with van der Waals surface area (Å²) in [5.74, 6) is -3.23. The molecule has 1 heterocycles. The van der Waals surface area contributed by atoms with Gasteiger partial charge in [-0.15, -0.1) is 0 Å². The standard InChI is InChI=1S/C22H15BrF7NO/c1-12-16(23)9-15(13-5-3-2-4-6-13)21(31(12)10-19(26)27)20-17(24)7-14(8-18(20)25)32-11-22(28,29)30/h2-9,19H,1,10-11H2. The van der Waals surface area contributed by atoms with Crippen LogP contribution in [0.5, 0.6) is 5.75 Å². The topological polar surface area (TPSA) is 12.5 Å². The minimum absolute atomic E-state index is 0.0381. The summed E-state index contributed by atoms with van der Waals surface area (Å²) >= 11 is 3.24. The number of nitrogens with zero attached hydrogens (tertiary/aromatic N) is 1. The Balaban J connectivity index is 2.22. The highest BCUT2D eigenvalue weighted by atomic mass is 79.9. The minimum Gasteiger partial charge on any atom is -0.484 e.